The Morgan fingerprint density at radius 3 is 1.44 bits per heavy atom. The number of anilines is 3. The van der Waals surface area contributed by atoms with Crippen LogP contribution in [0.25, 0.3) is 44.2 Å². The van der Waals surface area contributed by atoms with Gasteiger partial charge >= 0.3 is 0 Å². The molecule has 194 valence electrons. The van der Waals surface area contributed by atoms with Crippen LogP contribution in [0.3, 0.4) is 0 Å². The third-order valence-corrected chi connectivity index (χ3v) is 7.65. The molecule has 0 atom stereocenters. The zero-order valence-electron chi connectivity index (χ0n) is 22.7. The topological polar surface area (TPSA) is 3.24 Å². The summed E-state index contributed by atoms with van der Waals surface area (Å²) in [5, 5.41) is 2.53. The number of nitrogens with zero attached hydrogens (tertiary/aromatic N) is 1. The van der Waals surface area contributed by atoms with Gasteiger partial charge in [0.25, 0.3) is 0 Å². The normalized spacial score (nSPS) is 10.9. The minimum atomic E-state index is 1.12. The Labute approximate surface area is 241 Å². The first kappa shape index (κ1) is 24.6. The van der Waals surface area contributed by atoms with Gasteiger partial charge in [-0.3, -0.25) is 0 Å². The summed E-state index contributed by atoms with van der Waals surface area (Å²) < 4.78 is 0. The fourth-order valence-corrected chi connectivity index (χ4v) is 5.59. The van der Waals surface area contributed by atoms with Crippen molar-refractivity contribution in [3.63, 3.8) is 0 Å². The molecule has 0 saturated carbocycles. The van der Waals surface area contributed by atoms with Crippen LogP contribution in [0.4, 0.5) is 17.1 Å². The molecule has 0 heterocycles. The number of rotatable bonds is 6. The van der Waals surface area contributed by atoms with E-state index in [4.69, 9.17) is 0 Å². The molecule has 1 heteroatoms. The van der Waals surface area contributed by atoms with Gasteiger partial charge in [-0.25, -0.2) is 0 Å². The van der Waals surface area contributed by atoms with Crippen LogP contribution in [0, 0.1) is 0 Å². The molecule has 0 unspecified atom stereocenters. The van der Waals surface area contributed by atoms with Crippen LogP contribution in [0.15, 0.2) is 176 Å². The van der Waals surface area contributed by atoms with Crippen molar-refractivity contribution in [3.05, 3.63) is 176 Å². The van der Waals surface area contributed by atoms with Crippen molar-refractivity contribution in [1.82, 2.24) is 0 Å². The van der Waals surface area contributed by atoms with E-state index in [9.17, 15) is 0 Å². The molecule has 0 amide bonds. The van der Waals surface area contributed by atoms with Gasteiger partial charge in [-0.2, -0.15) is 0 Å². The summed E-state index contributed by atoms with van der Waals surface area (Å²) in [4.78, 5) is 2.32. The van der Waals surface area contributed by atoms with Gasteiger partial charge in [-0.05, 0) is 86.6 Å². The summed E-state index contributed by atoms with van der Waals surface area (Å²) >= 11 is 0. The smallest absolute Gasteiger partial charge is 0.0468 e. The maximum absolute atomic E-state index is 2.32. The molecule has 7 rings (SSSR count). The van der Waals surface area contributed by atoms with Crippen LogP contribution < -0.4 is 4.90 Å². The minimum absolute atomic E-state index is 1.12. The summed E-state index contributed by atoms with van der Waals surface area (Å²) in [6.07, 6.45) is 0. The summed E-state index contributed by atoms with van der Waals surface area (Å²) in [6.45, 7) is 0. The zero-order valence-corrected chi connectivity index (χ0v) is 22.7. The van der Waals surface area contributed by atoms with Gasteiger partial charge in [-0.15, -0.1) is 0 Å². The largest absolute Gasteiger partial charge is 0.310 e. The zero-order chi connectivity index (χ0) is 27.4. The molecule has 0 aromatic heterocycles. The fraction of sp³-hybridized carbons (Fsp3) is 0. The lowest BCUT2D eigenvalue weighted by Crippen LogP contribution is -2.10. The van der Waals surface area contributed by atoms with Gasteiger partial charge in [0.15, 0.2) is 0 Å². The van der Waals surface area contributed by atoms with E-state index in [2.05, 4.69) is 181 Å². The van der Waals surface area contributed by atoms with Gasteiger partial charge in [0.2, 0.25) is 0 Å². The first-order valence-corrected chi connectivity index (χ1v) is 14.0. The maximum atomic E-state index is 2.32. The third kappa shape index (κ3) is 5.02. The first-order valence-electron chi connectivity index (χ1n) is 14.0. The Hall–Kier alpha value is -5.40. The number of benzene rings is 7. The minimum Gasteiger partial charge on any atom is -0.310 e. The predicted octanol–water partition coefficient (Wildman–Crippen LogP) is 11.3. The van der Waals surface area contributed by atoms with E-state index >= 15 is 0 Å². The predicted molar refractivity (Wildman–Crippen MR) is 175 cm³/mol. The lowest BCUT2D eigenvalue weighted by atomic mass is 9.92. The molecule has 0 aliphatic rings. The highest BCUT2D eigenvalue weighted by Gasteiger charge is 2.16. The molecular formula is C40H29N. The lowest BCUT2D eigenvalue weighted by molar-refractivity contribution is 1.28. The summed E-state index contributed by atoms with van der Waals surface area (Å²) in [5.74, 6) is 0. The van der Waals surface area contributed by atoms with Crippen LogP contribution >= 0.6 is 0 Å². The van der Waals surface area contributed by atoms with Crippen molar-refractivity contribution in [2.24, 2.45) is 0 Å². The van der Waals surface area contributed by atoms with Crippen molar-refractivity contribution in [3.8, 4) is 33.4 Å². The van der Waals surface area contributed by atoms with Crippen molar-refractivity contribution in [1.29, 1.82) is 0 Å². The highest BCUT2D eigenvalue weighted by molar-refractivity contribution is 5.90. The van der Waals surface area contributed by atoms with Crippen LogP contribution in [0.5, 0.6) is 0 Å². The van der Waals surface area contributed by atoms with Crippen molar-refractivity contribution >= 4 is 27.8 Å². The van der Waals surface area contributed by atoms with Gasteiger partial charge in [0.1, 0.15) is 0 Å². The number of para-hydroxylation sites is 2. The molecule has 0 fully saturated rings. The van der Waals surface area contributed by atoms with Gasteiger partial charge in [0, 0.05) is 17.1 Å². The van der Waals surface area contributed by atoms with Crippen LogP contribution in [0.1, 0.15) is 0 Å². The van der Waals surface area contributed by atoms with E-state index in [0.717, 1.165) is 17.1 Å². The molecule has 0 aliphatic carbocycles. The van der Waals surface area contributed by atoms with Crippen LogP contribution in [-0.2, 0) is 0 Å². The molecule has 1 nitrogen and oxygen atoms in total. The monoisotopic (exact) mass is 523 g/mol. The molecule has 0 radical (unpaired) electrons. The Balaban J connectivity index is 1.32. The Kier molecular flexibility index (Phi) is 6.61. The summed E-state index contributed by atoms with van der Waals surface area (Å²) in [5.41, 5.74) is 10.7. The second-order valence-corrected chi connectivity index (χ2v) is 10.2. The van der Waals surface area contributed by atoms with E-state index in [1.165, 1.54) is 44.2 Å². The fourth-order valence-electron chi connectivity index (χ4n) is 5.59. The average molecular weight is 524 g/mol. The Morgan fingerprint density at radius 1 is 0.268 bits per heavy atom. The van der Waals surface area contributed by atoms with Crippen molar-refractivity contribution < 1.29 is 0 Å². The molecule has 41 heavy (non-hydrogen) atoms. The van der Waals surface area contributed by atoms with Crippen LogP contribution in [-0.4, -0.2) is 0 Å². The molecule has 0 N–H and O–H groups in total. The van der Waals surface area contributed by atoms with E-state index in [1.54, 1.807) is 0 Å². The number of fused-ring (bicyclic) bond motifs is 1. The lowest BCUT2D eigenvalue weighted by Gasteiger charge is -2.26. The van der Waals surface area contributed by atoms with Crippen LogP contribution in [0.2, 0.25) is 0 Å². The molecule has 7 aromatic rings. The van der Waals surface area contributed by atoms with E-state index in [1.807, 2.05) is 0 Å². The Morgan fingerprint density at radius 2 is 0.780 bits per heavy atom. The molecule has 0 spiro atoms. The standard InChI is InChI=1S/C40H29N/c1-4-13-32(14-5-1)40-29-38(41(36-16-6-2-7-17-36)37-18-8-3-9-19-37)26-27-39(40)33-23-20-31(21-24-33)35-25-22-30-12-10-11-15-34(30)28-35/h1-29H. The third-order valence-electron chi connectivity index (χ3n) is 7.65. The molecule has 0 bridgehead atoms. The van der Waals surface area contributed by atoms with Crippen molar-refractivity contribution in [2.75, 3.05) is 4.90 Å². The average Bonchev–Trinajstić information content (AvgIpc) is 3.06. The highest BCUT2D eigenvalue weighted by atomic mass is 15.1. The van der Waals surface area contributed by atoms with E-state index < -0.39 is 0 Å². The molecule has 7 aromatic carbocycles. The second kappa shape index (κ2) is 11.0. The first-order chi connectivity index (χ1) is 20.3. The summed E-state index contributed by atoms with van der Waals surface area (Å²) in [6, 6.07) is 62.8. The summed E-state index contributed by atoms with van der Waals surface area (Å²) in [7, 11) is 0. The number of hydrogen-bond donors (Lipinski definition) is 0. The van der Waals surface area contributed by atoms with E-state index in [-0.39, 0.29) is 0 Å². The van der Waals surface area contributed by atoms with Gasteiger partial charge in [-0.1, -0.05) is 133 Å². The second-order valence-electron chi connectivity index (χ2n) is 10.2. The molecule has 0 saturated heterocycles. The SMILES string of the molecule is c1ccc(-c2cc(N(c3ccccc3)c3ccccc3)ccc2-c2ccc(-c3ccc4ccccc4c3)cc2)cc1. The highest BCUT2D eigenvalue weighted by Crippen LogP contribution is 2.40. The van der Waals surface area contributed by atoms with Crippen molar-refractivity contribution in [2.45, 2.75) is 0 Å². The maximum Gasteiger partial charge on any atom is 0.0468 e. The van der Waals surface area contributed by atoms with Gasteiger partial charge < -0.3 is 4.90 Å². The van der Waals surface area contributed by atoms with E-state index in [0.29, 0.717) is 0 Å². The van der Waals surface area contributed by atoms with Gasteiger partial charge in [0.05, 0.1) is 0 Å². The molecular weight excluding hydrogens is 494 g/mol. The number of hydrogen-bond acceptors (Lipinski definition) is 1. The molecule has 0 aliphatic heterocycles. The quantitative estimate of drug-likeness (QED) is 0.209. The Bertz CT molecular complexity index is 1870.